The van der Waals surface area contributed by atoms with E-state index in [0.717, 1.165) is 21.0 Å². The van der Waals surface area contributed by atoms with Crippen LogP contribution in [0.15, 0.2) is 77.7 Å². The molecule has 3 aromatic carbocycles. The van der Waals surface area contributed by atoms with Crippen molar-refractivity contribution in [2.45, 2.75) is 18.7 Å². The van der Waals surface area contributed by atoms with Gasteiger partial charge in [0.2, 0.25) is 5.91 Å². The molecule has 0 spiro atoms. The zero-order chi connectivity index (χ0) is 24.8. The van der Waals surface area contributed by atoms with Gasteiger partial charge in [-0.15, -0.1) is 23.1 Å². The quantitative estimate of drug-likeness (QED) is 0.271. The highest BCUT2D eigenvalue weighted by Gasteiger charge is 2.13. The van der Waals surface area contributed by atoms with Crippen LogP contribution in [0.1, 0.15) is 20.8 Å². The minimum atomic E-state index is -0.215. The number of benzene rings is 3. The third-order valence-electron chi connectivity index (χ3n) is 5.18. The number of carbonyl (C=O) groups excluding carboxylic acids is 2. The van der Waals surface area contributed by atoms with Gasteiger partial charge in [0.25, 0.3) is 5.91 Å². The van der Waals surface area contributed by atoms with E-state index < -0.39 is 0 Å². The van der Waals surface area contributed by atoms with Crippen molar-refractivity contribution in [3.8, 4) is 17.0 Å². The Bertz CT molecular complexity index is 1330. The maximum Gasteiger partial charge on any atom is 0.255 e. The van der Waals surface area contributed by atoms with Crippen molar-refractivity contribution in [2.75, 3.05) is 23.5 Å². The Hall–Kier alpha value is -3.62. The van der Waals surface area contributed by atoms with Gasteiger partial charge in [-0.05, 0) is 56.3 Å². The van der Waals surface area contributed by atoms with Crippen LogP contribution in [0.25, 0.3) is 11.3 Å². The summed E-state index contributed by atoms with van der Waals surface area (Å²) in [4.78, 5) is 31.5. The average molecular weight is 504 g/mol. The predicted octanol–water partition coefficient (Wildman–Crippen LogP) is 6.42. The monoisotopic (exact) mass is 503 g/mol. The Morgan fingerprint density at radius 2 is 1.71 bits per heavy atom. The molecule has 0 aliphatic heterocycles. The molecule has 0 saturated carbocycles. The molecule has 0 saturated heterocycles. The van der Waals surface area contributed by atoms with Crippen LogP contribution in [-0.4, -0.2) is 29.7 Å². The number of nitrogens with zero attached hydrogens (tertiary/aromatic N) is 1. The molecule has 0 atom stereocenters. The molecule has 35 heavy (non-hydrogen) atoms. The summed E-state index contributed by atoms with van der Waals surface area (Å²) in [6.45, 7) is 4.05. The predicted molar refractivity (Wildman–Crippen MR) is 144 cm³/mol. The van der Waals surface area contributed by atoms with Crippen LogP contribution in [0.2, 0.25) is 0 Å². The number of aryl methyl sites for hydroxylation is 2. The lowest BCUT2D eigenvalue weighted by Crippen LogP contribution is -2.13. The van der Waals surface area contributed by atoms with Gasteiger partial charge in [-0.1, -0.05) is 35.9 Å². The van der Waals surface area contributed by atoms with E-state index in [1.165, 1.54) is 28.7 Å². The Balaban J connectivity index is 1.30. The number of aromatic nitrogens is 1. The molecule has 6 nitrogen and oxygen atoms in total. The van der Waals surface area contributed by atoms with E-state index in [1.807, 2.05) is 50.2 Å². The molecule has 4 aromatic rings. The lowest BCUT2D eigenvalue weighted by atomic mass is 10.1. The lowest BCUT2D eigenvalue weighted by Gasteiger charge is -2.08. The zero-order valence-corrected chi connectivity index (χ0v) is 21.3. The number of ether oxygens (including phenoxy) is 1. The fourth-order valence-electron chi connectivity index (χ4n) is 3.34. The van der Waals surface area contributed by atoms with Gasteiger partial charge in [0.1, 0.15) is 5.75 Å². The molecule has 178 valence electrons. The largest absolute Gasteiger partial charge is 0.497 e. The molecule has 0 radical (unpaired) electrons. The smallest absolute Gasteiger partial charge is 0.255 e. The van der Waals surface area contributed by atoms with E-state index in [0.29, 0.717) is 22.1 Å². The standard InChI is InChI=1S/C27H25N3O3S2/c1-17-7-9-19(10-8-17)25-18(2)35-27(30-25)29-24(31)16-34-23-13-11-21(12-14-23)28-26(32)20-5-4-6-22(15-20)33-3/h4-15H,16H2,1-3H3,(H,28,32)(H,29,30,31). The van der Waals surface area contributed by atoms with Gasteiger partial charge in [-0.25, -0.2) is 4.98 Å². The number of carbonyl (C=O) groups is 2. The fourth-order valence-corrected chi connectivity index (χ4v) is 4.89. The Labute approximate surface area is 212 Å². The van der Waals surface area contributed by atoms with Crippen LogP contribution in [0, 0.1) is 13.8 Å². The summed E-state index contributed by atoms with van der Waals surface area (Å²) in [6, 6.07) is 22.6. The molecule has 0 aliphatic carbocycles. The molecule has 2 amide bonds. The van der Waals surface area contributed by atoms with E-state index in [-0.39, 0.29) is 17.6 Å². The summed E-state index contributed by atoms with van der Waals surface area (Å²) < 4.78 is 5.17. The first-order valence-electron chi connectivity index (χ1n) is 10.9. The summed E-state index contributed by atoms with van der Waals surface area (Å²) in [5.74, 6) is 0.553. The van der Waals surface area contributed by atoms with Crippen molar-refractivity contribution >= 4 is 45.7 Å². The number of thioether (sulfide) groups is 1. The number of thiazole rings is 1. The van der Waals surface area contributed by atoms with Crippen LogP contribution in [-0.2, 0) is 4.79 Å². The third-order valence-corrected chi connectivity index (χ3v) is 7.08. The average Bonchev–Trinajstić information content (AvgIpc) is 3.23. The molecule has 0 unspecified atom stereocenters. The van der Waals surface area contributed by atoms with E-state index in [2.05, 4.69) is 27.8 Å². The summed E-state index contributed by atoms with van der Waals surface area (Å²) in [5.41, 5.74) is 4.32. The summed E-state index contributed by atoms with van der Waals surface area (Å²) in [7, 11) is 1.56. The highest BCUT2D eigenvalue weighted by molar-refractivity contribution is 8.00. The van der Waals surface area contributed by atoms with Crippen LogP contribution in [0.4, 0.5) is 10.8 Å². The van der Waals surface area contributed by atoms with Crippen LogP contribution in [0.3, 0.4) is 0 Å². The zero-order valence-electron chi connectivity index (χ0n) is 19.6. The van der Waals surface area contributed by atoms with E-state index in [4.69, 9.17) is 4.74 Å². The van der Waals surface area contributed by atoms with Crippen LogP contribution in [0.5, 0.6) is 5.75 Å². The first-order valence-corrected chi connectivity index (χ1v) is 12.7. The second kappa shape index (κ2) is 11.2. The topological polar surface area (TPSA) is 80.3 Å². The van der Waals surface area contributed by atoms with Gasteiger partial charge in [0.05, 0.1) is 18.6 Å². The van der Waals surface area contributed by atoms with Crippen molar-refractivity contribution in [1.29, 1.82) is 0 Å². The molecule has 4 rings (SSSR count). The molecule has 2 N–H and O–H groups in total. The lowest BCUT2D eigenvalue weighted by molar-refractivity contribution is -0.113. The minimum Gasteiger partial charge on any atom is -0.497 e. The molecule has 0 fully saturated rings. The van der Waals surface area contributed by atoms with E-state index in [9.17, 15) is 9.59 Å². The first kappa shape index (κ1) is 24.5. The summed E-state index contributed by atoms with van der Waals surface area (Å²) in [5, 5.41) is 6.36. The molecule has 0 bridgehead atoms. The van der Waals surface area contributed by atoms with Gasteiger partial charge < -0.3 is 15.4 Å². The molecule has 1 heterocycles. The Morgan fingerprint density at radius 1 is 0.971 bits per heavy atom. The normalized spacial score (nSPS) is 10.6. The van der Waals surface area contributed by atoms with Crippen molar-refractivity contribution < 1.29 is 14.3 Å². The van der Waals surface area contributed by atoms with Gasteiger partial charge in [-0.3, -0.25) is 9.59 Å². The molecular formula is C27H25N3O3S2. The number of nitrogens with one attached hydrogen (secondary N) is 2. The Morgan fingerprint density at radius 3 is 2.43 bits per heavy atom. The maximum atomic E-state index is 12.5. The number of amides is 2. The third kappa shape index (κ3) is 6.49. The van der Waals surface area contributed by atoms with Gasteiger partial charge in [-0.2, -0.15) is 0 Å². The summed E-state index contributed by atoms with van der Waals surface area (Å²) >= 11 is 2.89. The Kier molecular flexibility index (Phi) is 7.84. The number of anilines is 2. The van der Waals surface area contributed by atoms with Crippen molar-refractivity contribution in [3.63, 3.8) is 0 Å². The number of methoxy groups -OCH3 is 1. The second-order valence-electron chi connectivity index (χ2n) is 7.84. The van der Waals surface area contributed by atoms with Crippen molar-refractivity contribution in [2.24, 2.45) is 0 Å². The minimum absolute atomic E-state index is 0.116. The molecular weight excluding hydrogens is 478 g/mol. The number of hydrogen-bond donors (Lipinski definition) is 2. The SMILES string of the molecule is COc1cccc(C(=O)Nc2ccc(SCC(=O)Nc3nc(-c4ccc(C)cc4)c(C)s3)cc2)c1. The first-order chi connectivity index (χ1) is 16.9. The number of rotatable bonds is 8. The van der Waals surface area contributed by atoms with Crippen LogP contribution >= 0.6 is 23.1 Å². The molecule has 1 aromatic heterocycles. The van der Waals surface area contributed by atoms with Gasteiger partial charge >= 0.3 is 0 Å². The molecule has 0 aliphatic rings. The maximum absolute atomic E-state index is 12.5. The highest BCUT2D eigenvalue weighted by Crippen LogP contribution is 2.31. The van der Waals surface area contributed by atoms with E-state index in [1.54, 1.807) is 31.4 Å². The molecule has 8 heteroatoms. The highest BCUT2D eigenvalue weighted by atomic mass is 32.2. The van der Waals surface area contributed by atoms with E-state index >= 15 is 0 Å². The summed E-state index contributed by atoms with van der Waals surface area (Å²) in [6.07, 6.45) is 0. The van der Waals surface area contributed by atoms with Gasteiger partial charge in [0.15, 0.2) is 5.13 Å². The van der Waals surface area contributed by atoms with Gasteiger partial charge in [0, 0.05) is 26.6 Å². The fraction of sp³-hybridized carbons (Fsp3) is 0.148. The van der Waals surface area contributed by atoms with Crippen molar-refractivity contribution in [3.05, 3.63) is 88.8 Å². The number of hydrogen-bond acceptors (Lipinski definition) is 6. The van der Waals surface area contributed by atoms with Crippen molar-refractivity contribution in [1.82, 2.24) is 4.98 Å². The second-order valence-corrected chi connectivity index (χ2v) is 10.1. The van der Waals surface area contributed by atoms with Crippen LogP contribution < -0.4 is 15.4 Å².